The quantitative estimate of drug-likeness (QED) is 0.460. The van der Waals surface area contributed by atoms with Gasteiger partial charge in [-0.25, -0.2) is 0 Å². The van der Waals surface area contributed by atoms with Crippen molar-refractivity contribution < 1.29 is 9.47 Å². The molecule has 1 aromatic carbocycles. The molecule has 23 heavy (non-hydrogen) atoms. The lowest BCUT2D eigenvalue weighted by Gasteiger charge is -2.15. The first-order valence-corrected chi connectivity index (χ1v) is 8.46. The third kappa shape index (κ3) is 5.75. The zero-order chi connectivity index (χ0) is 16.5. The zero-order valence-electron chi connectivity index (χ0n) is 14.5. The highest BCUT2D eigenvalue weighted by molar-refractivity contribution is 5.79. The maximum absolute atomic E-state index is 5.90. The Hall–Kier alpha value is -1.75. The van der Waals surface area contributed by atoms with E-state index < -0.39 is 0 Å². The topological polar surface area (TPSA) is 54.9 Å². The second kappa shape index (κ2) is 9.40. The molecule has 1 aliphatic heterocycles. The van der Waals surface area contributed by atoms with Crippen LogP contribution in [0.2, 0.25) is 0 Å². The summed E-state index contributed by atoms with van der Waals surface area (Å²) in [6.07, 6.45) is 3.54. The van der Waals surface area contributed by atoms with E-state index in [1.165, 1.54) is 11.1 Å². The molecule has 5 nitrogen and oxygen atoms in total. The van der Waals surface area contributed by atoms with Gasteiger partial charge in [0, 0.05) is 26.7 Å². The van der Waals surface area contributed by atoms with Gasteiger partial charge in [-0.1, -0.05) is 18.2 Å². The van der Waals surface area contributed by atoms with Gasteiger partial charge < -0.3 is 20.1 Å². The summed E-state index contributed by atoms with van der Waals surface area (Å²) >= 11 is 0. The number of rotatable bonds is 7. The van der Waals surface area contributed by atoms with E-state index in [9.17, 15) is 0 Å². The Morgan fingerprint density at radius 3 is 2.74 bits per heavy atom. The van der Waals surface area contributed by atoms with E-state index in [0.717, 1.165) is 50.7 Å². The third-order valence-electron chi connectivity index (χ3n) is 4.01. The highest BCUT2D eigenvalue weighted by Gasteiger charge is 2.15. The number of hydrogen-bond acceptors (Lipinski definition) is 3. The highest BCUT2D eigenvalue weighted by atomic mass is 16.5. The third-order valence-corrected chi connectivity index (χ3v) is 4.01. The molecular weight excluding hydrogens is 290 g/mol. The normalized spacial score (nSPS) is 18.0. The van der Waals surface area contributed by atoms with E-state index in [0.29, 0.717) is 12.7 Å². The fraction of sp³-hybridized carbons (Fsp3) is 0.611. The molecule has 0 aromatic heterocycles. The van der Waals surface area contributed by atoms with Gasteiger partial charge in [-0.2, -0.15) is 0 Å². The lowest BCUT2D eigenvalue weighted by Crippen LogP contribution is -2.41. The minimum Gasteiger partial charge on any atom is -0.493 e. The van der Waals surface area contributed by atoms with Crippen molar-refractivity contribution in [3.63, 3.8) is 0 Å². The lowest BCUT2D eigenvalue weighted by molar-refractivity contribution is 0.114. The molecule has 0 amide bonds. The minimum atomic E-state index is 0.320. The molecule has 128 valence electrons. The van der Waals surface area contributed by atoms with Crippen LogP contribution in [0.5, 0.6) is 5.75 Å². The SMILES string of the molecule is CN=C(NCCCOc1c(C)cccc1C)NCC1CCCO1. The molecule has 0 radical (unpaired) electrons. The Balaban J connectivity index is 1.62. The van der Waals surface area contributed by atoms with Crippen LogP contribution in [0.15, 0.2) is 23.2 Å². The molecule has 2 rings (SSSR count). The average Bonchev–Trinajstić information content (AvgIpc) is 3.06. The molecule has 1 aliphatic rings. The number of aryl methyl sites for hydroxylation is 2. The molecule has 0 spiro atoms. The summed E-state index contributed by atoms with van der Waals surface area (Å²) < 4.78 is 11.5. The number of benzene rings is 1. The molecule has 0 bridgehead atoms. The van der Waals surface area contributed by atoms with Gasteiger partial charge in [0.25, 0.3) is 0 Å². The van der Waals surface area contributed by atoms with Crippen LogP contribution in [-0.2, 0) is 4.74 Å². The summed E-state index contributed by atoms with van der Waals surface area (Å²) in [6, 6.07) is 6.22. The Kier molecular flexibility index (Phi) is 7.20. The van der Waals surface area contributed by atoms with Crippen molar-refractivity contribution in [2.45, 2.75) is 39.2 Å². The van der Waals surface area contributed by atoms with Gasteiger partial charge in [0.15, 0.2) is 5.96 Å². The van der Waals surface area contributed by atoms with E-state index in [-0.39, 0.29) is 0 Å². The van der Waals surface area contributed by atoms with Gasteiger partial charge in [0.2, 0.25) is 0 Å². The molecule has 5 heteroatoms. The molecule has 0 aliphatic carbocycles. The fourth-order valence-electron chi connectivity index (χ4n) is 2.72. The van der Waals surface area contributed by atoms with Crippen LogP contribution in [0.3, 0.4) is 0 Å². The number of guanidine groups is 1. The predicted octanol–water partition coefficient (Wildman–Crippen LogP) is 2.42. The molecule has 0 saturated carbocycles. The number of aliphatic imine (C=N–C) groups is 1. The molecule has 1 aromatic rings. The Bertz CT molecular complexity index is 491. The Morgan fingerprint density at radius 1 is 1.30 bits per heavy atom. The van der Waals surface area contributed by atoms with Gasteiger partial charge in [0.1, 0.15) is 5.75 Å². The zero-order valence-corrected chi connectivity index (χ0v) is 14.5. The van der Waals surface area contributed by atoms with E-state index in [1.807, 2.05) is 0 Å². The summed E-state index contributed by atoms with van der Waals surface area (Å²) in [4.78, 5) is 4.23. The van der Waals surface area contributed by atoms with Crippen LogP contribution < -0.4 is 15.4 Å². The average molecular weight is 319 g/mol. The second-order valence-electron chi connectivity index (χ2n) is 5.94. The Labute approximate surface area is 139 Å². The van der Waals surface area contributed by atoms with Crippen molar-refractivity contribution in [2.75, 3.05) is 33.4 Å². The molecular formula is C18H29N3O2. The lowest BCUT2D eigenvalue weighted by atomic mass is 10.1. The van der Waals surface area contributed by atoms with Gasteiger partial charge in [-0.05, 0) is 44.2 Å². The predicted molar refractivity (Wildman–Crippen MR) is 94.4 cm³/mol. The van der Waals surface area contributed by atoms with Gasteiger partial charge in [-0.15, -0.1) is 0 Å². The van der Waals surface area contributed by atoms with Crippen LogP contribution in [0, 0.1) is 13.8 Å². The first-order chi connectivity index (χ1) is 11.2. The minimum absolute atomic E-state index is 0.320. The second-order valence-corrected chi connectivity index (χ2v) is 5.94. The van der Waals surface area contributed by atoms with E-state index in [4.69, 9.17) is 9.47 Å². The number of nitrogens with zero attached hydrogens (tertiary/aromatic N) is 1. The van der Waals surface area contributed by atoms with Crippen LogP contribution in [0.1, 0.15) is 30.4 Å². The van der Waals surface area contributed by atoms with Crippen LogP contribution in [-0.4, -0.2) is 45.4 Å². The summed E-state index contributed by atoms with van der Waals surface area (Å²) in [7, 11) is 1.79. The number of nitrogens with one attached hydrogen (secondary N) is 2. The first-order valence-electron chi connectivity index (χ1n) is 8.46. The molecule has 1 atom stereocenters. The molecule has 1 fully saturated rings. The van der Waals surface area contributed by atoms with Crippen molar-refractivity contribution in [2.24, 2.45) is 4.99 Å². The maximum atomic E-state index is 5.90. The van der Waals surface area contributed by atoms with E-state index >= 15 is 0 Å². The largest absolute Gasteiger partial charge is 0.493 e. The maximum Gasteiger partial charge on any atom is 0.191 e. The highest BCUT2D eigenvalue weighted by Crippen LogP contribution is 2.22. The number of ether oxygens (including phenoxy) is 2. The van der Waals surface area contributed by atoms with Gasteiger partial charge in [-0.3, -0.25) is 4.99 Å². The summed E-state index contributed by atoms with van der Waals surface area (Å²) in [5.41, 5.74) is 2.37. The molecule has 1 unspecified atom stereocenters. The molecule has 1 heterocycles. The van der Waals surface area contributed by atoms with E-state index in [2.05, 4.69) is 47.7 Å². The van der Waals surface area contributed by atoms with Crippen molar-refractivity contribution in [3.8, 4) is 5.75 Å². The summed E-state index contributed by atoms with van der Waals surface area (Å²) in [5.74, 6) is 1.83. The molecule has 2 N–H and O–H groups in total. The number of para-hydroxylation sites is 1. The van der Waals surface area contributed by atoms with E-state index in [1.54, 1.807) is 7.05 Å². The van der Waals surface area contributed by atoms with Crippen molar-refractivity contribution in [3.05, 3.63) is 29.3 Å². The van der Waals surface area contributed by atoms with Gasteiger partial charge >= 0.3 is 0 Å². The van der Waals surface area contributed by atoms with Crippen molar-refractivity contribution in [1.29, 1.82) is 0 Å². The van der Waals surface area contributed by atoms with Crippen LogP contribution in [0.4, 0.5) is 0 Å². The monoisotopic (exact) mass is 319 g/mol. The summed E-state index contributed by atoms with van der Waals surface area (Å²) in [6.45, 7) is 7.39. The fourth-order valence-corrected chi connectivity index (χ4v) is 2.72. The van der Waals surface area contributed by atoms with Crippen LogP contribution in [0.25, 0.3) is 0 Å². The van der Waals surface area contributed by atoms with Crippen molar-refractivity contribution >= 4 is 5.96 Å². The standard InChI is InChI=1S/C18H29N3O2/c1-14-7-4-8-15(2)17(14)23-12-6-10-20-18(19-3)21-13-16-9-5-11-22-16/h4,7-8,16H,5-6,9-13H2,1-3H3,(H2,19,20,21). The number of hydrogen-bond donors (Lipinski definition) is 2. The molecule has 1 saturated heterocycles. The Morgan fingerprint density at radius 2 is 2.09 bits per heavy atom. The van der Waals surface area contributed by atoms with Crippen molar-refractivity contribution in [1.82, 2.24) is 10.6 Å². The summed E-state index contributed by atoms with van der Waals surface area (Å²) in [5, 5.41) is 6.62. The van der Waals surface area contributed by atoms with Crippen LogP contribution >= 0.6 is 0 Å². The smallest absolute Gasteiger partial charge is 0.191 e. The van der Waals surface area contributed by atoms with Gasteiger partial charge in [0.05, 0.1) is 12.7 Å². The first kappa shape index (κ1) is 17.6.